The van der Waals surface area contributed by atoms with E-state index in [2.05, 4.69) is 10.4 Å². The molecule has 3 aromatic rings. The highest BCUT2D eigenvalue weighted by molar-refractivity contribution is 6.30. The highest BCUT2D eigenvalue weighted by atomic mass is 35.5. The first-order valence-electron chi connectivity index (χ1n) is 10.3. The lowest BCUT2D eigenvalue weighted by molar-refractivity contribution is -0.122. The molecule has 9 heteroatoms. The van der Waals surface area contributed by atoms with Crippen LogP contribution in [0.1, 0.15) is 12.0 Å². The molecule has 0 aliphatic carbocycles. The topological polar surface area (TPSA) is 85.7 Å². The summed E-state index contributed by atoms with van der Waals surface area (Å²) in [5, 5.41) is 7.88. The molecule has 1 fully saturated rings. The summed E-state index contributed by atoms with van der Waals surface area (Å²) in [6.45, 7) is 1.77. The van der Waals surface area contributed by atoms with Gasteiger partial charge in [-0.25, -0.2) is 4.68 Å². The Hall–Kier alpha value is -3.52. The highest BCUT2D eigenvalue weighted by Crippen LogP contribution is 2.36. The Labute approximate surface area is 189 Å². The standard InChI is InChI=1S/C23H21ClN4O4/c24-17-3-1-15(2-4-17)13-28-21(7-8-25-28)26-23(30)16-11-22(29)27(14-16)18-5-6-19-20(12-18)32-10-9-31-19/h1-8,12,16H,9-11,13-14H2,(H,26,30). The lowest BCUT2D eigenvalue weighted by atomic mass is 10.1. The molecule has 3 heterocycles. The number of rotatable bonds is 5. The van der Waals surface area contributed by atoms with Crippen molar-refractivity contribution >= 4 is 34.9 Å². The fourth-order valence-electron chi connectivity index (χ4n) is 3.89. The van der Waals surface area contributed by atoms with Crippen LogP contribution in [0, 0.1) is 5.92 Å². The fourth-order valence-corrected chi connectivity index (χ4v) is 4.01. The number of amides is 2. The summed E-state index contributed by atoms with van der Waals surface area (Å²) in [7, 11) is 0. The smallest absolute Gasteiger partial charge is 0.230 e. The summed E-state index contributed by atoms with van der Waals surface area (Å²) < 4.78 is 12.9. The summed E-state index contributed by atoms with van der Waals surface area (Å²) in [5.41, 5.74) is 1.71. The third-order valence-electron chi connectivity index (χ3n) is 5.55. The SMILES string of the molecule is O=C(Nc1ccnn1Cc1ccc(Cl)cc1)C1CC(=O)N(c2ccc3c(c2)OCCO3)C1. The van der Waals surface area contributed by atoms with Crippen molar-refractivity contribution < 1.29 is 19.1 Å². The molecular formula is C23H21ClN4O4. The second kappa shape index (κ2) is 8.55. The largest absolute Gasteiger partial charge is 0.486 e. The summed E-state index contributed by atoms with van der Waals surface area (Å²) in [6.07, 6.45) is 1.78. The Morgan fingerprint density at radius 3 is 2.69 bits per heavy atom. The van der Waals surface area contributed by atoms with Crippen LogP contribution in [0.5, 0.6) is 11.5 Å². The molecule has 1 atom stereocenters. The maximum atomic E-state index is 12.9. The first-order valence-corrected chi connectivity index (χ1v) is 10.7. The quantitative estimate of drug-likeness (QED) is 0.641. The van der Waals surface area contributed by atoms with Gasteiger partial charge in [-0.1, -0.05) is 23.7 Å². The molecule has 0 radical (unpaired) electrons. The summed E-state index contributed by atoms with van der Waals surface area (Å²) >= 11 is 5.95. The minimum absolute atomic E-state index is 0.100. The van der Waals surface area contributed by atoms with Crippen molar-refractivity contribution in [2.45, 2.75) is 13.0 Å². The van der Waals surface area contributed by atoms with Crippen LogP contribution >= 0.6 is 11.6 Å². The maximum absolute atomic E-state index is 12.9. The maximum Gasteiger partial charge on any atom is 0.230 e. The van der Waals surface area contributed by atoms with Crippen molar-refractivity contribution in [1.29, 1.82) is 0 Å². The monoisotopic (exact) mass is 452 g/mol. The Morgan fingerprint density at radius 2 is 1.88 bits per heavy atom. The molecule has 1 N–H and O–H groups in total. The molecule has 2 aliphatic rings. The molecule has 2 aliphatic heterocycles. The van der Waals surface area contributed by atoms with Gasteiger partial charge in [0.2, 0.25) is 11.8 Å². The molecule has 1 saturated heterocycles. The Morgan fingerprint density at radius 1 is 1.09 bits per heavy atom. The molecule has 0 bridgehead atoms. The molecule has 5 rings (SSSR count). The number of ether oxygens (including phenoxy) is 2. The van der Waals surface area contributed by atoms with Gasteiger partial charge < -0.3 is 19.7 Å². The molecule has 0 spiro atoms. The van der Waals surface area contributed by atoms with Crippen molar-refractivity contribution in [3.05, 3.63) is 65.3 Å². The first kappa shape index (κ1) is 20.4. The van der Waals surface area contributed by atoms with Crippen LogP contribution in [-0.4, -0.2) is 41.4 Å². The molecular weight excluding hydrogens is 432 g/mol. The van der Waals surface area contributed by atoms with Gasteiger partial charge in [-0.2, -0.15) is 5.10 Å². The normalized spacial score (nSPS) is 17.5. The van der Waals surface area contributed by atoms with E-state index >= 15 is 0 Å². The third kappa shape index (κ3) is 4.13. The van der Waals surface area contributed by atoms with Gasteiger partial charge in [-0.15, -0.1) is 0 Å². The number of aromatic nitrogens is 2. The second-order valence-corrected chi connectivity index (χ2v) is 8.16. The fraction of sp³-hybridized carbons (Fsp3) is 0.261. The number of nitrogens with one attached hydrogen (secondary N) is 1. The van der Waals surface area contributed by atoms with E-state index in [-0.39, 0.29) is 18.2 Å². The Balaban J connectivity index is 1.26. The van der Waals surface area contributed by atoms with Gasteiger partial charge in [0.1, 0.15) is 19.0 Å². The molecule has 164 valence electrons. The van der Waals surface area contributed by atoms with Crippen molar-refractivity contribution in [3.8, 4) is 11.5 Å². The van der Waals surface area contributed by atoms with Crippen LogP contribution in [0.15, 0.2) is 54.7 Å². The Kier molecular flexibility index (Phi) is 5.45. The van der Waals surface area contributed by atoms with Crippen LogP contribution in [0.2, 0.25) is 5.02 Å². The number of fused-ring (bicyclic) bond motifs is 1. The minimum atomic E-state index is -0.463. The molecule has 8 nitrogen and oxygen atoms in total. The number of benzene rings is 2. The van der Waals surface area contributed by atoms with Crippen molar-refractivity contribution in [3.63, 3.8) is 0 Å². The number of halogens is 1. The number of hydrogen-bond acceptors (Lipinski definition) is 5. The van der Waals surface area contributed by atoms with E-state index in [0.717, 1.165) is 5.56 Å². The van der Waals surface area contributed by atoms with Gasteiger partial charge >= 0.3 is 0 Å². The molecule has 1 aromatic heterocycles. The van der Waals surface area contributed by atoms with E-state index < -0.39 is 5.92 Å². The van der Waals surface area contributed by atoms with E-state index in [0.29, 0.717) is 54.3 Å². The predicted molar refractivity (Wildman–Crippen MR) is 119 cm³/mol. The number of carbonyl (C=O) groups excluding carboxylic acids is 2. The van der Waals surface area contributed by atoms with Crippen molar-refractivity contribution in [2.75, 3.05) is 30.0 Å². The van der Waals surface area contributed by atoms with Gasteiger partial charge in [-0.3, -0.25) is 9.59 Å². The van der Waals surface area contributed by atoms with E-state index in [1.54, 1.807) is 34.0 Å². The summed E-state index contributed by atoms with van der Waals surface area (Å²) in [5.74, 6) is 1.08. The van der Waals surface area contributed by atoms with Crippen LogP contribution < -0.4 is 19.7 Å². The van der Waals surface area contributed by atoms with E-state index in [4.69, 9.17) is 21.1 Å². The molecule has 2 aromatic carbocycles. The summed E-state index contributed by atoms with van der Waals surface area (Å²) in [4.78, 5) is 27.2. The zero-order valence-electron chi connectivity index (χ0n) is 17.2. The highest BCUT2D eigenvalue weighted by Gasteiger charge is 2.36. The number of carbonyl (C=O) groups is 2. The van der Waals surface area contributed by atoms with Gasteiger partial charge in [-0.05, 0) is 29.8 Å². The third-order valence-corrected chi connectivity index (χ3v) is 5.80. The van der Waals surface area contributed by atoms with Crippen molar-refractivity contribution in [1.82, 2.24) is 9.78 Å². The zero-order valence-corrected chi connectivity index (χ0v) is 17.9. The lowest BCUT2D eigenvalue weighted by Crippen LogP contribution is -2.29. The number of hydrogen-bond donors (Lipinski definition) is 1. The number of anilines is 2. The van der Waals surface area contributed by atoms with Crippen LogP contribution in [0.3, 0.4) is 0 Å². The molecule has 32 heavy (non-hydrogen) atoms. The summed E-state index contributed by atoms with van der Waals surface area (Å²) in [6, 6.07) is 14.6. The number of nitrogens with zero attached hydrogens (tertiary/aromatic N) is 3. The van der Waals surface area contributed by atoms with Crippen LogP contribution in [0.25, 0.3) is 0 Å². The molecule has 2 amide bonds. The zero-order chi connectivity index (χ0) is 22.1. The van der Waals surface area contributed by atoms with E-state index in [1.165, 1.54) is 0 Å². The Bertz CT molecular complexity index is 1160. The van der Waals surface area contributed by atoms with Crippen LogP contribution in [-0.2, 0) is 16.1 Å². The minimum Gasteiger partial charge on any atom is -0.486 e. The van der Waals surface area contributed by atoms with Gasteiger partial charge in [0.25, 0.3) is 0 Å². The second-order valence-electron chi connectivity index (χ2n) is 7.72. The predicted octanol–water partition coefficient (Wildman–Crippen LogP) is 3.35. The van der Waals surface area contributed by atoms with Crippen molar-refractivity contribution in [2.24, 2.45) is 5.92 Å². The van der Waals surface area contributed by atoms with E-state index in [9.17, 15) is 9.59 Å². The molecule has 1 unspecified atom stereocenters. The average Bonchev–Trinajstić information content (AvgIpc) is 3.41. The van der Waals surface area contributed by atoms with Gasteiger partial charge in [0.15, 0.2) is 11.5 Å². The van der Waals surface area contributed by atoms with E-state index in [1.807, 2.05) is 30.3 Å². The average molecular weight is 453 g/mol. The molecule has 0 saturated carbocycles. The first-order chi connectivity index (χ1) is 15.6. The van der Waals surface area contributed by atoms with Crippen LogP contribution in [0.4, 0.5) is 11.5 Å². The van der Waals surface area contributed by atoms with Gasteiger partial charge in [0, 0.05) is 35.8 Å². The lowest BCUT2D eigenvalue weighted by Gasteiger charge is -2.22. The van der Waals surface area contributed by atoms with Gasteiger partial charge in [0.05, 0.1) is 18.7 Å².